The van der Waals surface area contributed by atoms with Crippen LogP contribution in [0.25, 0.3) is 0 Å². The van der Waals surface area contributed by atoms with Crippen molar-refractivity contribution in [1.82, 2.24) is 15.3 Å². The summed E-state index contributed by atoms with van der Waals surface area (Å²) in [4.78, 5) is 25.1. The van der Waals surface area contributed by atoms with Crippen LogP contribution in [0.1, 0.15) is 13.3 Å². The first-order valence-corrected chi connectivity index (χ1v) is 11.7. The van der Waals surface area contributed by atoms with Crippen LogP contribution in [-0.4, -0.2) is 83.8 Å². The first-order valence-electron chi connectivity index (χ1n) is 10.1. The molecule has 0 spiro atoms. The summed E-state index contributed by atoms with van der Waals surface area (Å²) in [5.41, 5.74) is 0. The number of carbonyl (C=O) groups excluding carboxylic acids is 2. The number of benzene rings is 1. The Morgan fingerprint density at radius 2 is 2.06 bits per heavy atom. The van der Waals surface area contributed by atoms with Gasteiger partial charge in [-0.2, -0.15) is 5.09 Å². The lowest BCUT2D eigenvalue weighted by molar-refractivity contribution is -0.142. The van der Waals surface area contributed by atoms with Gasteiger partial charge in [-0.1, -0.05) is 18.2 Å². The predicted molar refractivity (Wildman–Crippen MR) is 113 cm³/mol. The molecule has 1 unspecified atom stereocenters. The van der Waals surface area contributed by atoms with Crippen LogP contribution in [-0.2, 0) is 23.4 Å². The zero-order valence-electron chi connectivity index (χ0n) is 18.0. The lowest BCUT2D eigenvalue weighted by Gasteiger charge is -2.33. The fourth-order valence-electron chi connectivity index (χ4n) is 3.31. The van der Waals surface area contributed by atoms with Gasteiger partial charge in [-0.05, 0) is 19.1 Å². The maximum Gasteiger partial charge on any atom is 0.459 e. The summed E-state index contributed by atoms with van der Waals surface area (Å²) in [5.74, 6) is -0.470. The van der Waals surface area contributed by atoms with Crippen molar-refractivity contribution in [2.75, 3.05) is 20.3 Å². The zero-order valence-corrected chi connectivity index (χ0v) is 18.9. The molecule has 33 heavy (non-hydrogen) atoms. The molecule has 2 saturated heterocycles. The van der Waals surface area contributed by atoms with Gasteiger partial charge in [-0.25, -0.2) is 9.36 Å². The number of aliphatic hydroxyl groups is 2. The number of hydrogen-bond acceptors (Lipinski definition) is 10. The maximum absolute atomic E-state index is 13.4. The maximum atomic E-state index is 13.4. The third-order valence-electron chi connectivity index (χ3n) is 5.05. The van der Waals surface area contributed by atoms with E-state index in [1.165, 1.54) is 26.2 Å². The summed E-state index contributed by atoms with van der Waals surface area (Å²) in [6.07, 6.45) is -5.06. The Kier molecular flexibility index (Phi) is 8.05. The van der Waals surface area contributed by atoms with E-state index in [1.54, 1.807) is 18.2 Å². The van der Waals surface area contributed by atoms with E-state index in [0.717, 1.165) is 4.90 Å². The van der Waals surface area contributed by atoms with Crippen molar-refractivity contribution in [3.05, 3.63) is 30.3 Å². The van der Waals surface area contributed by atoms with Crippen molar-refractivity contribution in [2.45, 2.75) is 43.9 Å². The van der Waals surface area contributed by atoms with E-state index in [9.17, 15) is 24.4 Å². The average molecular weight is 486 g/mol. The van der Waals surface area contributed by atoms with Gasteiger partial charge in [0.1, 0.15) is 35.9 Å². The number of esters is 1. The van der Waals surface area contributed by atoms with Gasteiger partial charge in [0.05, 0.1) is 13.7 Å². The van der Waals surface area contributed by atoms with E-state index < -0.39 is 56.9 Å². The molecule has 2 amide bonds. The van der Waals surface area contributed by atoms with E-state index in [2.05, 4.69) is 15.1 Å². The van der Waals surface area contributed by atoms with Gasteiger partial charge >= 0.3 is 19.7 Å². The van der Waals surface area contributed by atoms with Crippen molar-refractivity contribution >= 4 is 25.6 Å². The summed E-state index contributed by atoms with van der Waals surface area (Å²) >= 11 is 0. The third-order valence-corrected chi connectivity index (χ3v) is 6.69. The molecule has 3 rings (SSSR count). The van der Waals surface area contributed by atoms with Crippen LogP contribution in [0.15, 0.2) is 30.3 Å². The average Bonchev–Trinajstić information content (AvgIpc) is 3.06. The molecule has 0 radical (unpaired) electrons. The number of amides is 2. The molecule has 14 heteroatoms. The lowest BCUT2D eigenvalue weighted by atomic mass is 10.1. The molecule has 2 aliphatic rings. The van der Waals surface area contributed by atoms with Crippen LogP contribution >= 0.6 is 7.75 Å². The Balaban J connectivity index is 1.70. The van der Waals surface area contributed by atoms with Gasteiger partial charge < -0.3 is 24.2 Å². The molecule has 13 nitrogen and oxygen atoms in total. The van der Waals surface area contributed by atoms with Gasteiger partial charge in [-0.3, -0.25) is 24.9 Å². The first-order chi connectivity index (χ1) is 15.6. The van der Waals surface area contributed by atoms with Crippen molar-refractivity contribution in [2.24, 2.45) is 0 Å². The lowest BCUT2D eigenvalue weighted by Crippen LogP contribution is -2.56. The van der Waals surface area contributed by atoms with E-state index in [1.807, 2.05) is 0 Å². The predicted octanol–water partition coefficient (Wildman–Crippen LogP) is 0.180. The fraction of sp³-hybridized carbons (Fsp3) is 0.526. The Labute approximate surface area is 190 Å². The number of urea groups is 1. The molecule has 1 aromatic rings. The standard InChI is InChI=1S/C19H27N4O9P/c1-11(18(26)29-2)22-33(28,32-12-6-4-3-5-7-12)30-10-13-15(24)16(25)17(31-13)23-9-8-14(20)21-19(23)27/h3-7,11,13,15-17,24-25H,8-10H2,1-2H3,(H,22,28)(H2,20,21,27)/t11-,13+,15+,16+,17+,33?/m0/s1. The highest BCUT2D eigenvalue weighted by molar-refractivity contribution is 7.52. The molecular formula is C19H27N4O9P. The highest BCUT2D eigenvalue weighted by Gasteiger charge is 2.48. The van der Waals surface area contributed by atoms with Gasteiger partial charge in [0.25, 0.3) is 0 Å². The van der Waals surface area contributed by atoms with Gasteiger partial charge in [-0.15, -0.1) is 0 Å². The van der Waals surface area contributed by atoms with E-state index in [0.29, 0.717) is 0 Å². The van der Waals surface area contributed by atoms with Crippen LogP contribution in [0.4, 0.5) is 4.79 Å². The largest absolute Gasteiger partial charge is 0.468 e. The molecule has 2 heterocycles. The summed E-state index contributed by atoms with van der Waals surface area (Å²) in [6.45, 7) is 1.02. The van der Waals surface area contributed by atoms with Crippen molar-refractivity contribution in [1.29, 1.82) is 5.41 Å². The molecular weight excluding hydrogens is 459 g/mol. The second kappa shape index (κ2) is 10.6. The van der Waals surface area contributed by atoms with Crippen LogP contribution in [0, 0.1) is 5.41 Å². The number of hydrogen-bond donors (Lipinski definition) is 5. The van der Waals surface area contributed by atoms with E-state index in [4.69, 9.17) is 19.2 Å². The molecule has 6 atom stereocenters. The van der Waals surface area contributed by atoms with Gasteiger partial charge in [0, 0.05) is 13.0 Å². The summed E-state index contributed by atoms with van der Waals surface area (Å²) < 4.78 is 34.5. The monoisotopic (exact) mass is 486 g/mol. The molecule has 182 valence electrons. The molecule has 0 aliphatic carbocycles. The van der Waals surface area contributed by atoms with Gasteiger partial charge in [0.2, 0.25) is 0 Å². The minimum Gasteiger partial charge on any atom is -0.468 e. The Morgan fingerprint density at radius 1 is 1.36 bits per heavy atom. The van der Waals surface area contributed by atoms with Crippen LogP contribution in [0.5, 0.6) is 5.75 Å². The van der Waals surface area contributed by atoms with E-state index in [-0.39, 0.29) is 24.6 Å². The number of amidine groups is 1. The Hall–Kier alpha value is -2.54. The highest BCUT2D eigenvalue weighted by atomic mass is 31.2. The number of carbonyl (C=O) groups is 2. The van der Waals surface area contributed by atoms with E-state index >= 15 is 0 Å². The molecule has 2 aliphatic heterocycles. The zero-order chi connectivity index (χ0) is 24.2. The number of para-hydroxylation sites is 1. The number of nitrogens with zero attached hydrogens (tertiary/aromatic N) is 1. The van der Waals surface area contributed by atoms with Crippen molar-refractivity contribution < 1.29 is 42.9 Å². The van der Waals surface area contributed by atoms with Crippen LogP contribution in [0.2, 0.25) is 0 Å². The number of rotatable bonds is 9. The normalized spacial score (nSPS) is 28.1. The first kappa shape index (κ1) is 25.1. The molecule has 0 aromatic heterocycles. The van der Waals surface area contributed by atoms with Crippen molar-refractivity contribution in [3.8, 4) is 5.75 Å². The SMILES string of the molecule is COC(=O)[C@H](C)NP(=O)(OC[C@H]1O[C@@H](N2CCC(=N)NC2=O)[C@H](O)[C@@H]1O)Oc1ccccc1. The smallest absolute Gasteiger partial charge is 0.459 e. The highest BCUT2D eigenvalue weighted by Crippen LogP contribution is 2.45. The topological polar surface area (TPSA) is 180 Å². The number of nitrogens with one attached hydrogen (secondary N) is 3. The number of methoxy groups -OCH3 is 1. The van der Waals surface area contributed by atoms with Crippen LogP contribution in [0.3, 0.4) is 0 Å². The number of ether oxygens (including phenoxy) is 2. The van der Waals surface area contributed by atoms with Gasteiger partial charge in [0.15, 0.2) is 6.23 Å². The van der Waals surface area contributed by atoms with Crippen molar-refractivity contribution in [3.63, 3.8) is 0 Å². The Bertz CT molecular complexity index is 918. The number of aliphatic hydroxyl groups excluding tert-OH is 2. The molecule has 2 fully saturated rings. The Morgan fingerprint density at radius 3 is 2.70 bits per heavy atom. The summed E-state index contributed by atoms with van der Waals surface area (Å²) in [6, 6.07) is 6.41. The molecule has 1 aromatic carbocycles. The fourth-order valence-corrected chi connectivity index (χ4v) is 4.81. The third kappa shape index (κ3) is 6.08. The molecule has 5 N–H and O–H groups in total. The molecule has 0 bridgehead atoms. The minimum absolute atomic E-state index is 0.0361. The summed E-state index contributed by atoms with van der Waals surface area (Å²) in [5, 5.41) is 33.1. The van der Waals surface area contributed by atoms with Crippen LogP contribution < -0.4 is 14.9 Å². The summed E-state index contributed by atoms with van der Waals surface area (Å²) in [7, 11) is -3.01. The quantitative estimate of drug-likeness (QED) is 0.239. The second-order valence-corrected chi connectivity index (χ2v) is 9.16. The second-order valence-electron chi connectivity index (χ2n) is 7.47. The minimum atomic E-state index is -4.18. The molecule has 0 saturated carbocycles.